The Morgan fingerprint density at radius 1 is 1.24 bits per heavy atom. The molecule has 120 valence electrons. The average Bonchev–Trinajstić information content (AvgIpc) is 2.79. The Bertz CT molecular complexity index is 478. The third-order valence-electron chi connectivity index (χ3n) is 3.10. The van der Waals surface area contributed by atoms with Crippen LogP contribution in [0.15, 0.2) is 0 Å². The van der Waals surface area contributed by atoms with E-state index in [0.29, 0.717) is 10.6 Å². The third kappa shape index (κ3) is 4.97. The molecular formula is C15H27N3O2S. The van der Waals surface area contributed by atoms with Crippen LogP contribution in [-0.4, -0.2) is 54.7 Å². The molecular weight excluding hydrogens is 286 g/mol. The second-order valence-electron chi connectivity index (χ2n) is 6.52. The number of carboxylic acids is 1. The van der Waals surface area contributed by atoms with Gasteiger partial charge < -0.3 is 14.9 Å². The highest BCUT2D eigenvalue weighted by atomic mass is 32.1. The first-order chi connectivity index (χ1) is 9.66. The number of anilines is 1. The van der Waals surface area contributed by atoms with Gasteiger partial charge in [0, 0.05) is 25.0 Å². The van der Waals surface area contributed by atoms with Crippen LogP contribution in [-0.2, 0) is 5.41 Å². The van der Waals surface area contributed by atoms with Gasteiger partial charge in [0.05, 0.1) is 5.69 Å². The van der Waals surface area contributed by atoms with Crippen LogP contribution < -0.4 is 4.90 Å². The van der Waals surface area contributed by atoms with Crippen LogP contribution in [0.4, 0.5) is 5.13 Å². The number of hydrogen-bond acceptors (Lipinski definition) is 5. The summed E-state index contributed by atoms with van der Waals surface area (Å²) in [4.78, 5) is 20.8. The first kappa shape index (κ1) is 17.9. The number of rotatable bonds is 7. The second kappa shape index (κ2) is 7.22. The average molecular weight is 313 g/mol. The van der Waals surface area contributed by atoms with E-state index >= 15 is 0 Å². The molecule has 1 rings (SSSR count). The summed E-state index contributed by atoms with van der Waals surface area (Å²) in [5, 5.41) is 10.2. The van der Waals surface area contributed by atoms with Crippen molar-refractivity contribution in [3.63, 3.8) is 0 Å². The van der Waals surface area contributed by atoms with Gasteiger partial charge in [0.15, 0.2) is 5.13 Å². The maximum absolute atomic E-state index is 11.5. The number of hydrogen-bond donors (Lipinski definition) is 1. The highest BCUT2D eigenvalue weighted by Crippen LogP contribution is 2.33. The fourth-order valence-electron chi connectivity index (χ4n) is 1.99. The van der Waals surface area contributed by atoms with E-state index in [1.807, 2.05) is 34.9 Å². The lowest BCUT2D eigenvalue weighted by molar-refractivity contribution is 0.0699. The Hall–Kier alpha value is -1.14. The normalized spacial score (nSPS) is 12.0. The first-order valence-electron chi connectivity index (χ1n) is 7.31. The molecule has 0 radical (unpaired) electrons. The standard InChI is InChI=1S/C15H27N3O2S/c1-7-8-18(10-9-17(5)6)14-16-12(15(2,3)4)11(21-14)13(19)20/h7-10H2,1-6H3,(H,19,20). The van der Waals surface area contributed by atoms with E-state index in [-0.39, 0.29) is 5.41 Å². The fourth-order valence-corrected chi connectivity index (χ4v) is 3.16. The maximum atomic E-state index is 11.5. The molecule has 5 nitrogen and oxygen atoms in total. The van der Waals surface area contributed by atoms with E-state index in [4.69, 9.17) is 0 Å². The topological polar surface area (TPSA) is 56.7 Å². The minimum atomic E-state index is -0.882. The summed E-state index contributed by atoms with van der Waals surface area (Å²) in [7, 11) is 4.07. The van der Waals surface area contributed by atoms with E-state index in [2.05, 4.69) is 21.7 Å². The minimum absolute atomic E-state index is 0.262. The predicted octanol–water partition coefficient (Wildman–Crippen LogP) is 2.92. The number of carboxylic acid groups (broad SMARTS) is 1. The van der Waals surface area contributed by atoms with Crippen molar-refractivity contribution >= 4 is 22.4 Å². The number of nitrogens with zero attached hydrogens (tertiary/aromatic N) is 3. The van der Waals surface area contributed by atoms with E-state index in [9.17, 15) is 9.90 Å². The molecule has 0 atom stereocenters. The SMILES string of the molecule is CCCN(CCN(C)C)c1nc(C(C)(C)C)c(C(=O)O)s1. The molecule has 0 unspecified atom stereocenters. The monoisotopic (exact) mass is 313 g/mol. The number of aromatic nitrogens is 1. The summed E-state index contributed by atoms with van der Waals surface area (Å²) in [5.74, 6) is -0.882. The number of likely N-dealkylation sites (N-methyl/N-ethyl adjacent to an activating group) is 1. The van der Waals surface area contributed by atoms with Crippen molar-refractivity contribution in [2.75, 3.05) is 38.6 Å². The van der Waals surface area contributed by atoms with Crippen molar-refractivity contribution in [2.45, 2.75) is 39.5 Å². The van der Waals surface area contributed by atoms with Crippen molar-refractivity contribution in [1.82, 2.24) is 9.88 Å². The van der Waals surface area contributed by atoms with Crippen LogP contribution >= 0.6 is 11.3 Å². The minimum Gasteiger partial charge on any atom is -0.477 e. The van der Waals surface area contributed by atoms with Crippen molar-refractivity contribution in [3.05, 3.63) is 10.6 Å². The van der Waals surface area contributed by atoms with Gasteiger partial charge in [-0.05, 0) is 20.5 Å². The molecule has 1 heterocycles. The molecule has 1 aromatic rings. The van der Waals surface area contributed by atoms with E-state index in [0.717, 1.165) is 31.2 Å². The zero-order valence-electron chi connectivity index (χ0n) is 13.9. The lowest BCUT2D eigenvalue weighted by Crippen LogP contribution is -2.32. The molecule has 0 aliphatic rings. The first-order valence-corrected chi connectivity index (χ1v) is 8.12. The van der Waals surface area contributed by atoms with Gasteiger partial charge in [-0.15, -0.1) is 0 Å². The summed E-state index contributed by atoms with van der Waals surface area (Å²) >= 11 is 1.29. The summed E-state index contributed by atoms with van der Waals surface area (Å²) in [6, 6.07) is 0. The van der Waals surface area contributed by atoms with Gasteiger partial charge in [0.25, 0.3) is 0 Å². The molecule has 1 aromatic heterocycles. The van der Waals surface area contributed by atoms with Gasteiger partial charge >= 0.3 is 5.97 Å². The lowest BCUT2D eigenvalue weighted by Gasteiger charge is -2.23. The number of carbonyl (C=O) groups is 1. The molecule has 0 bridgehead atoms. The smallest absolute Gasteiger partial charge is 0.347 e. The second-order valence-corrected chi connectivity index (χ2v) is 7.50. The predicted molar refractivity (Wildman–Crippen MR) is 88.8 cm³/mol. The van der Waals surface area contributed by atoms with Crippen molar-refractivity contribution in [1.29, 1.82) is 0 Å². The molecule has 0 spiro atoms. The van der Waals surface area contributed by atoms with E-state index < -0.39 is 5.97 Å². The summed E-state index contributed by atoms with van der Waals surface area (Å²) < 4.78 is 0. The highest BCUT2D eigenvalue weighted by Gasteiger charge is 2.28. The van der Waals surface area contributed by atoms with Gasteiger partial charge in [-0.1, -0.05) is 39.0 Å². The van der Waals surface area contributed by atoms with Crippen LogP contribution in [0.3, 0.4) is 0 Å². The molecule has 0 amide bonds. The van der Waals surface area contributed by atoms with Crippen molar-refractivity contribution in [2.24, 2.45) is 0 Å². The Labute approximate surface area is 131 Å². The Balaban J connectivity index is 3.11. The largest absolute Gasteiger partial charge is 0.477 e. The summed E-state index contributed by atoms with van der Waals surface area (Å²) in [5.41, 5.74) is 0.419. The van der Waals surface area contributed by atoms with Gasteiger partial charge in [-0.25, -0.2) is 9.78 Å². The summed E-state index contributed by atoms with van der Waals surface area (Å²) in [6.45, 7) is 10.8. The highest BCUT2D eigenvalue weighted by molar-refractivity contribution is 7.17. The summed E-state index contributed by atoms with van der Waals surface area (Å²) in [6.07, 6.45) is 1.01. The third-order valence-corrected chi connectivity index (χ3v) is 4.21. The van der Waals surface area contributed by atoms with Crippen LogP contribution in [0.1, 0.15) is 49.5 Å². The van der Waals surface area contributed by atoms with Gasteiger partial charge in [-0.2, -0.15) is 0 Å². The number of aromatic carboxylic acids is 1. The Morgan fingerprint density at radius 2 is 1.86 bits per heavy atom. The quantitative estimate of drug-likeness (QED) is 0.839. The van der Waals surface area contributed by atoms with E-state index in [1.165, 1.54) is 11.3 Å². The van der Waals surface area contributed by atoms with E-state index in [1.54, 1.807) is 0 Å². The molecule has 0 aromatic carbocycles. The molecule has 6 heteroatoms. The van der Waals surface area contributed by atoms with Gasteiger partial charge in [-0.3, -0.25) is 0 Å². The Morgan fingerprint density at radius 3 is 2.24 bits per heavy atom. The van der Waals surface area contributed by atoms with Crippen molar-refractivity contribution < 1.29 is 9.90 Å². The lowest BCUT2D eigenvalue weighted by atomic mass is 9.91. The van der Waals surface area contributed by atoms with Crippen LogP contribution in [0.25, 0.3) is 0 Å². The van der Waals surface area contributed by atoms with Crippen LogP contribution in [0.2, 0.25) is 0 Å². The molecule has 1 N–H and O–H groups in total. The zero-order chi connectivity index (χ0) is 16.2. The van der Waals surface area contributed by atoms with Gasteiger partial charge in [0.2, 0.25) is 0 Å². The van der Waals surface area contributed by atoms with Gasteiger partial charge in [0.1, 0.15) is 4.88 Å². The molecule has 21 heavy (non-hydrogen) atoms. The molecule has 0 aliphatic carbocycles. The molecule has 0 fully saturated rings. The van der Waals surface area contributed by atoms with Crippen LogP contribution in [0.5, 0.6) is 0 Å². The number of thiazole rings is 1. The zero-order valence-corrected chi connectivity index (χ0v) is 14.8. The molecule has 0 saturated heterocycles. The van der Waals surface area contributed by atoms with Crippen LogP contribution in [0, 0.1) is 0 Å². The van der Waals surface area contributed by atoms with Crippen molar-refractivity contribution in [3.8, 4) is 0 Å². The maximum Gasteiger partial charge on any atom is 0.347 e. The Kier molecular flexibility index (Phi) is 6.16. The molecule has 0 aliphatic heterocycles. The molecule has 0 saturated carbocycles. The fraction of sp³-hybridized carbons (Fsp3) is 0.733.